The van der Waals surface area contributed by atoms with Gasteiger partial charge in [0, 0.05) is 12.1 Å². The lowest BCUT2D eigenvalue weighted by Gasteiger charge is -2.10. The second-order valence-corrected chi connectivity index (χ2v) is 6.73. The summed E-state index contributed by atoms with van der Waals surface area (Å²) in [5, 5.41) is 6.79. The van der Waals surface area contributed by atoms with Gasteiger partial charge in [0.1, 0.15) is 0 Å². The third-order valence-electron chi connectivity index (χ3n) is 3.44. The zero-order valence-corrected chi connectivity index (χ0v) is 15.8. The van der Waals surface area contributed by atoms with Crippen molar-refractivity contribution in [2.24, 2.45) is 0 Å². The van der Waals surface area contributed by atoms with Crippen LogP contribution in [0.2, 0.25) is 10.0 Å². The van der Waals surface area contributed by atoms with E-state index in [-0.39, 0.29) is 11.0 Å². The third-order valence-corrected chi connectivity index (χ3v) is 4.38. The van der Waals surface area contributed by atoms with Crippen molar-refractivity contribution in [1.29, 1.82) is 0 Å². The fourth-order valence-corrected chi connectivity index (χ4v) is 2.70. The van der Waals surface area contributed by atoms with Crippen LogP contribution in [0.1, 0.15) is 58.3 Å². The molecule has 6 heteroatoms. The van der Waals surface area contributed by atoms with Crippen molar-refractivity contribution in [2.45, 2.75) is 58.3 Å². The predicted molar refractivity (Wildman–Crippen MR) is 103 cm³/mol. The Bertz CT molecular complexity index is 523. The van der Waals surface area contributed by atoms with Crippen molar-refractivity contribution in [1.82, 2.24) is 5.32 Å². The van der Waals surface area contributed by atoms with Crippen LogP contribution in [-0.4, -0.2) is 11.0 Å². The summed E-state index contributed by atoms with van der Waals surface area (Å²) in [6.45, 7) is 2.21. The number of unbranched alkanes of at least 4 members (excludes halogenated alkanes) is 6. The number of carbonyl (C=O) groups excluding carboxylic acids is 1. The Labute approximate surface area is 154 Å². The lowest BCUT2D eigenvalue weighted by molar-refractivity contribution is -0.119. The van der Waals surface area contributed by atoms with Crippen molar-refractivity contribution in [3.63, 3.8) is 0 Å². The number of carbonyl (C=O) groups is 1. The summed E-state index contributed by atoms with van der Waals surface area (Å²) in [6, 6.07) is 5.09. The van der Waals surface area contributed by atoms with Gasteiger partial charge in [0.25, 0.3) is 0 Å². The van der Waals surface area contributed by atoms with Crippen molar-refractivity contribution in [3.8, 4) is 0 Å². The van der Waals surface area contributed by atoms with Crippen LogP contribution in [0.5, 0.6) is 0 Å². The van der Waals surface area contributed by atoms with E-state index in [2.05, 4.69) is 17.6 Å². The molecule has 0 aliphatic carbocycles. The molecule has 128 valence electrons. The van der Waals surface area contributed by atoms with Crippen LogP contribution in [-0.2, 0) is 4.79 Å². The fourth-order valence-electron chi connectivity index (χ4n) is 2.17. The number of nitrogens with one attached hydrogen (secondary N) is 2. The Kier molecular flexibility index (Phi) is 10.2. The van der Waals surface area contributed by atoms with Crippen LogP contribution in [0, 0.1) is 0 Å². The molecular formula is C17H24Cl2N2OS. The molecular weight excluding hydrogens is 351 g/mol. The van der Waals surface area contributed by atoms with Gasteiger partial charge in [-0.1, -0.05) is 68.7 Å². The number of amides is 1. The highest BCUT2D eigenvalue weighted by atomic mass is 35.5. The first-order chi connectivity index (χ1) is 11.0. The van der Waals surface area contributed by atoms with Crippen molar-refractivity contribution in [3.05, 3.63) is 28.2 Å². The Morgan fingerprint density at radius 1 is 1.04 bits per heavy atom. The minimum atomic E-state index is -0.0591. The van der Waals surface area contributed by atoms with Crippen molar-refractivity contribution >= 4 is 52.1 Å². The number of halogens is 2. The van der Waals surface area contributed by atoms with Gasteiger partial charge in [-0.3, -0.25) is 4.79 Å². The van der Waals surface area contributed by atoms with Gasteiger partial charge >= 0.3 is 0 Å². The molecule has 0 saturated heterocycles. The molecule has 0 unspecified atom stereocenters. The van der Waals surface area contributed by atoms with Crippen LogP contribution >= 0.6 is 35.4 Å². The van der Waals surface area contributed by atoms with E-state index in [1.807, 2.05) is 0 Å². The van der Waals surface area contributed by atoms with Gasteiger partial charge in [0.15, 0.2) is 5.11 Å². The van der Waals surface area contributed by atoms with E-state index in [1.54, 1.807) is 18.2 Å². The number of thiocarbonyl (C=S) groups is 1. The van der Waals surface area contributed by atoms with Gasteiger partial charge in [-0.15, -0.1) is 0 Å². The van der Waals surface area contributed by atoms with Gasteiger partial charge < -0.3 is 10.6 Å². The molecule has 1 rings (SSSR count). The lowest BCUT2D eigenvalue weighted by atomic mass is 10.1. The van der Waals surface area contributed by atoms with Crippen LogP contribution in [0.25, 0.3) is 0 Å². The Morgan fingerprint density at radius 3 is 2.35 bits per heavy atom. The van der Waals surface area contributed by atoms with E-state index in [0.717, 1.165) is 12.8 Å². The largest absolute Gasteiger partial charge is 0.332 e. The second-order valence-electron chi connectivity index (χ2n) is 5.50. The summed E-state index contributed by atoms with van der Waals surface area (Å²) in [7, 11) is 0. The van der Waals surface area contributed by atoms with Gasteiger partial charge in [-0.2, -0.15) is 0 Å². The molecule has 0 radical (unpaired) electrons. The first kappa shape index (κ1) is 20.2. The average molecular weight is 375 g/mol. The lowest BCUT2D eigenvalue weighted by Crippen LogP contribution is -2.33. The molecule has 0 saturated carbocycles. The molecule has 1 amide bonds. The number of benzene rings is 1. The maximum absolute atomic E-state index is 11.8. The Hall–Kier alpha value is -0.840. The standard InChI is InChI=1S/C17H24Cl2N2OS/c1-2-3-4-5-6-7-8-9-16(22)21-17(23)20-13-10-11-14(18)15(19)12-13/h10-12H,2-9H2,1H3,(H2,20,21,22,23). The predicted octanol–water partition coefficient (Wildman–Crippen LogP) is 5.95. The molecule has 0 bridgehead atoms. The molecule has 0 aliphatic rings. The summed E-state index contributed by atoms with van der Waals surface area (Å²) in [5.74, 6) is -0.0591. The molecule has 2 N–H and O–H groups in total. The highest BCUT2D eigenvalue weighted by Crippen LogP contribution is 2.24. The number of rotatable bonds is 9. The van der Waals surface area contributed by atoms with Gasteiger partial charge in [0.2, 0.25) is 5.91 Å². The molecule has 1 aromatic carbocycles. The van der Waals surface area contributed by atoms with Gasteiger partial charge in [-0.25, -0.2) is 0 Å². The first-order valence-corrected chi connectivity index (χ1v) is 9.25. The smallest absolute Gasteiger partial charge is 0.226 e. The van der Waals surface area contributed by atoms with Crippen molar-refractivity contribution in [2.75, 3.05) is 5.32 Å². The first-order valence-electron chi connectivity index (χ1n) is 8.08. The quantitative estimate of drug-likeness (QED) is 0.414. The van der Waals surface area contributed by atoms with E-state index < -0.39 is 0 Å². The van der Waals surface area contributed by atoms with Crippen LogP contribution in [0.15, 0.2) is 18.2 Å². The minimum absolute atomic E-state index is 0.0591. The molecule has 0 fully saturated rings. The number of hydrogen-bond acceptors (Lipinski definition) is 2. The number of hydrogen-bond donors (Lipinski definition) is 2. The van der Waals surface area contributed by atoms with E-state index in [4.69, 9.17) is 35.4 Å². The number of anilines is 1. The van der Waals surface area contributed by atoms with Crippen LogP contribution in [0.3, 0.4) is 0 Å². The molecule has 0 heterocycles. The minimum Gasteiger partial charge on any atom is -0.332 e. The SMILES string of the molecule is CCCCCCCCCC(=O)NC(=S)Nc1ccc(Cl)c(Cl)c1. The molecule has 0 aromatic heterocycles. The zero-order valence-electron chi connectivity index (χ0n) is 13.5. The summed E-state index contributed by atoms with van der Waals surface area (Å²) >= 11 is 16.9. The van der Waals surface area contributed by atoms with E-state index in [1.165, 1.54) is 32.1 Å². The molecule has 0 spiro atoms. The molecule has 0 aliphatic heterocycles. The monoisotopic (exact) mass is 374 g/mol. The summed E-state index contributed by atoms with van der Waals surface area (Å²) in [4.78, 5) is 11.8. The maximum Gasteiger partial charge on any atom is 0.226 e. The van der Waals surface area contributed by atoms with E-state index in [0.29, 0.717) is 22.2 Å². The van der Waals surface area contributed by atoms with Crippen LogP contribution < -0.4 is 10.6 Å². The molecule has 23 heavy (non-hydrogen) atoms. The van der Waals surface area contributed by atoms with E-state index >= 15 is 0 Å². The van der Waals surface area contributed by atoms with E-state index in [9.17, 15) is 4.79 Å². The third kappa shape index (κ3) is 9.14. The topological polar surface area (TPSA) is 41.1 Å². The normalized spacial score (nSPS) is 10.4. The highest BCUT2D eigenvalue weighted by molar-refractivity contribution is 7.80. The summed E-state index contributed by atoms with van der Waals surface area (Å²) in [6.07, 6.45) is 8.78. The second kappa shape index (κ2) is 11.7. The Morgan fingerprint density at radius 2 is 1.70 bits per heavy atom. The fraction of sp³-hybridized carbons (Fsp3) is 0.529. The molecule has 3 nitrogen and oxygen atoms in total. The van der Waals surface area contributed by atoms with Gasteiger partial charge in [0.05, 0.1) is 10.0 Å². The molecule has 0 atom stereocenters. The van der Waals surface area contributed by atoms with Crippen LogP contribution in [0.4, 0.5) is 5.69 Å². The summed E-state index contributed by atoms with van der Waals surface area (Å²) in [5.41, 5.74) is 0.695. The zero-order chi connectivity index (χ0) is 17.1. The summed E-state index contributed by atoms with van der Waals surface area (Å²) < 4.78 is 0. The maximum atomic E-state index is 11.8. The molecule has 1 aromatic rings. The van der Waals surface area contributed by atoms with Gasteiger partial charge in [-0.05, 0) is 36.8 Å². The average Bonchev–Trinajstić information content (AvgIpc) is 2.50. The Balaban J connectivity index is 2.18. The van der Waals surface area contributed by atoms with Crippen molar-refractivity contribution < 1.29 is 4.79 Å². The highest BCUT2D eigenvalue weighted by Gasteiger charge is 2.06.